The Kier molecular flexibility index (Phi) is 3.22. The maximum absolute atomic E-state index is 12.2. The van der Waals surface area contributed by atoms with E-state index in [1.807, 2.05) is 0 Å². The topological polar surface area (TPSA) is 34.9 Å². The summed E-state index contributed by atoms with van der Waals surface area (Å²) in [6.45, 7) is 0. The third-order valence-corrected chi connectivity index (χ3v) is 1.96. The zero-order valence-electron chi connectivity index (χ0n) is 8.30. The van der Waals surface area contributed by atoms with Crippen LogP contribution in [0.5, 0.6) is 0 Å². The predicted octanol–water partition coefficient (Wildman–Crippen LogP) is 2.34. The monoisotopic (exact) mass is 260 g/mol. The SMILES string of the molecule is Cn1ccnc1C(=O)C(C(F)(F)F)C(F)(F)F. The first-order valence-electron chi connectivity index (χ1n) is 4.20. The molecule has 0 aliphatic carbocycles. The Morgan fingerprint density at radius 1 is 1.24 bits per heavy atom. The van der Waals surface area contributed by atoms with Crippen molar-refractivity contribution in [3.05, 3.63) is 18.2 Å². The Morgan fingerprint density at radius 3 is 2.00 bits per heavy atom. The van der Waals surface area contributed by atoms with Crippen molar-refractivity contribution in [3.8, 4) is 0 Å². The minimum absolute atomic E-state index is 0.798. The summed E-state index contributed by atoms with van der Waals surface area (Å²) < 4.78 is 74.1. The van der Waals surface area contributed by atoms with Crippen LogP contribution in [0.3, 0.4) is 0 Å². The lowest BCUT2D eigenvalue weighted by atomic mass is 10.0. The molecule has 96 valence electrons. The fraction of sp³-hybridized carbons (Fsp3) is 0.500. The number of hydrogen-bond donors (Lipinski definition) is 0. The van der Waals surface area contributed by atoms with Gasteiger partial charge < -0.3 is 4.57 Å². The van der Waals surface area contributed by atoms with Crippen molar-refractivity contribution in [2.45, 2.75) is 12.4 Å². The van der Waals surface area contributed by atoms with Gasteiger partial charge in [0.15, 0.2) is 5.82 Å². The molecule has 1 aromatic heterocycles. The average Bonchev–Trinajstić information content (AvgIpc) is 2.45. The van der Waals surface area contributed by atoms with Gasteiger partial charge in [0.25, 0.3) is 0 Å². The molecular formula is C8H6F6N2O. The van der Waals surface area contributed by atoms with Crippen LogP contribution in [-0.4, -0.2) is 27.7 Å². The molecule has 0 unspecified atom stereocenters. The van der Waals surface area contributed by atoms with Gasteiger partial charge in [0.2, 0.25) is 11.7 Å². The number of imidazole rings is 1. The van der Waals surface area contributed by atoms with Crippen molar-refractivity contribution in [2.75, 3.05) is 0 Å². The molecule has 0 fully saturated rings. The molecule has 1 heterocycles. The van der Waals surface area contributed by atoms with Crippen LogP contribution >= 0.6 is 0 Å². The summed E-state index contributed by atoms with van der Waals surface area (Å²) in [5.41, 5.74) is 0. The Morgan fingerprint density at radius 2 is 1.71 bits per heavy atom. The van der Waals surface area contributed by atoms with Crippen molar-refractivity contribution >= 4 is 5.78 Å². The van der Waals surface area contributed by atoms with E-state index in [2.05, 4.69) is 4.98 Å². The quantitative estimate of drug-likeness (QED) is 0.604. The maximum Gasteiger partial charge on any atom is 0.407 e. The highest BCUT2D eigenvalue weighted by Gasteiger charge is 2.61. The number of carbonyl (C=O) groups is 1. The smallest absolute Gasteiger partial charge is 0.332 e. The summed E-state index contributed by atoms with van der Waals surface area (Å²) in [7, 11) is 1.13. The minimum Gasteiger partial charge on any atom is -0.332 e. The van der Waals surface area contributed by atoms with Crippen LogP contribution in [0, 0.1) is 5.92 Å². The first-order valence-corrected chi connectivity index (χ1v) is 4.20. The lowest BCUT2D eigenvalue weighted by Gasteiger charge is -2.21. The highest BCUT2D eigenvalue weighted by atomic mass is 19.4. The van der Waals surface area contributed by atoms with E-state index in [1.54, 1.807) is 0 Å². The molecule has 17 heavy (non-hydrogen) atoms. The molecule has 0 spiro atoms. The Hall–Kier alpha value is -1.54. The van der Waals surface area contributed by atoms with Crippen LogP contribution in [0.15, 0.2) is 12.4 Å². The molecular weight excluding hydrogens is 254 g/mol. The molecule has 0 N–H and O–H groups in total. The second-order valence-corrected chi connectivity index (χ2v) is 3.24. The number of nitrogens with zero attached hydrogens (tertiary/aromatic N) is 2. The third-order valence-electron chi connectivity index (χ3n) is 1.96. The van der Waals surface area contributed by atoms with Crippen LogP contribution in [0.2, 0.25) is 0 Å². The van der Waals surface area contributed by atoms with Crippen molar-refractivity contribution in [2.24, 2.45) is 13.0 Å². The van der Waals surface area contributed by atoms with Gasteiger partial charge in [0.1, 0.15) is 0 Å². The molecule has 0 saturated carbocycles. The fourth-order valence-corrected chi connectivity index (χ4v) is 1.22. The largest absolute Gasteiger partial charge is 0.407 e. The fourth-order valence-electron chi connectivity index (χ4n) is 1.22. The average molecular weight is 260 g/mol. The lowest BCUT2D eigenvalue weighted by Crippen LogP contribution is -2.43. The van der Waals surface area contributed by atoms with Crippen molar-refractivity contribution in [1.29, 1.82) is 0 Å². The predicted molar refractivity (Wildman–Crippen MR) is 43.1 cm³/mol. The summed E-state index contributed by atoms with van der Waals surface area (Å²) >= 11 is 0. The molecule has 1 rings (SSSR count). The Labute approximate surface area is 91.0 Å². The first kappa shape index (κ1) is 13.5. The number of hydrogen-bond acceptors (Lipinski definition) is 2. The molecule has 0 bridgehead atoms. The van der Waals surface area contributed by atoms with E-state index in [0.717, 1.165) is 24.0 Å². The number of carbonyl (C=O) groups excluding carboxylic acids is 1. The van der Waals surface area contributed by atoms with E-state index in [1.165, 1.54) is 0 Å². The summed E-state index contributed by atoms with van der Waals surface area (Å²) in [6, 6.07) is 0. The van der Waals surface area contributed by atoms with Gasteiger partial charge in [0, 0.05) is 19.4 Å². The van der Waals surface area contributed by atoms with Crippen molar-refractivity contribution < 1.29 is 31.1 Å². The Balaban J connectivity index is 3.18. The third kappa shape index (κ3) is 2.77. The number of alkyl halides is 6. The number of aromatic nitrogens is 2. The molecule has 1 aromatic rings. The molecule has 0 aliphatic heterocycles. The van der Waals surface area contributed by atoms with Crippen LogP contribution in [0.25, 0.3) is 0 Å². The van der Waals surface area contributed by atoms with Crippen molar-refractivity contribution in [1.82, 2.24) is 9.55 Å². The zero-order chi connectivity index (χ0) is 13.4. The number of aryl methyl sites for hydroxylation is 1. The molecule has 9 heteroatoms. The standard InChI is InChI=1S/C8H6F6N2O/c1-16-3-2-15-6(16)4(17)5(7(9,10)11)8(12,13)14/h2-3,5H,1H3. The second kappa shape index (κ2) is 4.04. The second-order valence-electron chi connectivity index (χ2n) is 3.24. The van der Waals surface area contributed by atoms with Gasteiger partial charge >= 0.3 is 12.4 Å². The molecule has 0 radical (unpaired) electrons. The van der Waals surface area contributed by atoms with Gasteiger partial charge in [-0.05, 0) is 0 Å². The van der Waals surface area contributed by atoms with Crippen LogP contribution < -0.4 is 0 Å². The lowest BCUT2D eigenvalue weighted by molar-refractivity contribution is -0.265. The van der Waals surface area contributed by atoms with E-state index in [4.69, 9.17) is 0 Å². The van der Waals surface area contributed by atoms with Gasteiger partial charge in [0.05, 0.1) is 0 Å². The molecule has 0 atom stereocenters. The summed E-state index contributed by atoms with van der Waals surface area (Å²) in [6.07, 6.45) is -9.36. The normalized spacial score (nSPS) is 13.2. The summed E-state index contributed by atoms with van der Waals surface area (Å²) in [5.74, 6) is -7.04. The highest BCUT2D eigenvalue weighted by molar-refractivity contribution is 5.95. The van der Waals surface area contributed by atoms with Gasteiger partial charge in [-0.25, -0.2) is 4.98 Å². The zero-order valence-corrected chi connectivity index (χ0v) is 8.30. The first-order chi connectivity index (χ1) is 7.55. The van der Waals surface area contributed by atoms with E-state index < -0.39 is 29.9 Å². The summed E-state index contributed by atoms with van der Waals surface area (Å²) in [5, 5.41) is 0. The van der Waals surface area contributed by atoms with E-state index in [0.29, 0.717) is 0 Å². The Bertz CT molecular complexity index is 404. The van der Waals surface area contributed by atoms with Gasteiger partial charge in [-0.3, -0.25) is 4.79 Å². The summed E-state index contributed by atoms with van der Waals surface area (Å²) in [4.78, 5) is 14.4. The highest BCUT2D eigenvalue weighted by Crippen LogP contribution is 2.40. The molecule has 0 aliphatic rings. The van der Waals surface area contributed by atoms with Crippen LogP contribution in [0.4, 0.5) is 26.3 Å². The molecule has 0 aromatic carbocycles. The number of ketones is 1. The van der Waals surface area contributed by atoms with Crippen molar-refractivity contribution in [3.63, 3.8) is 0 Å². The number of Topliss-reactive ketones (excluding diaryl/α,β-unsaturated/α-hetero) is 1. The van der Waals surface area contributed by atoms with Gasteiger partial charge in [-0.2, -0.15) is 26.3 Å². The maximum atomic E-state index is 12.2. The van der Waals surface area contributed by atoms with Crippen LogP contribution in [-0.2, 0) is 7.05 Å². The van der Waals surface area contributed by atoms with E-state index in [9.17, 15) is 31.1 Å². The van der Waals surface area contributed by atoms with E-state index >= 15 is 0 Å². The van der Waals surface area contributed by atoms with Crippen LogP contribution in [0.1, 0.15) is 10.6 Å². The molecule has 0 amide bonds. The number of rotatable bonds is 2. The van der Waals surface area contributed by atoms with Gasteiger partial charge in [-0.15, -0.1) is 0 Å². The van der Waals surface area contributed by atoms with E-state index in [-0.39, 0.29) is 0 Å². The minimum atomic E-state index is -5.69. The number of halogens is 6. The molecule has 3 nitrogen and oxygen atoms in total. The molecule has 0 saturated heterocycles. The van der Waals surface area contributed by atoms with Gasteiger partial charge in [-0.1, -0.05) is 0 Å².